The molecule has 1 heterocycles. The van der Waals surface area contributed by atoms with Gasteiger partial charge < -0.3 is 26.7 Å². The highest BCUT2D eigenvalue weighted by molar-refractivity contribution is 7.96. The van der Waals surface area contributed by atoms with Gasteiger partial charge in [0, 0.05) is 6.42 Å². The van der Waals surface area contributed by atoms with Crippen molar-refractivity contribution < 1.29 is 26.7 Å². The van der Waals surface area contributed by atoms with E-state index in [2.05, 4.69) is 133 Å². The topological polar surface area (TPSA) is 18.5 Å². The average molecular weight is 588 g/mol. The highest BCUT2D eigenvalue weighted by Crippen LogP contribution is 2.69. The minimum Gasteiger partial charge on any atom is -0.497 e. The van der Waals surface area contributed by atoms with Crippen LogP contribution in [0, 0.1) is 0 Å². The third-order valence-corrected chi connectivity index (χ3v) is 12.0. The lowest BCUT2D eigenvalue weighted by Gasteiger charge is -2.35. The van der Waals surface area contributed by atoms with Gasteiger partial charge in [0.1, 0.15) is 40.3 Å². The molecule has 5 aromatic rings. The van der Waals surface area contributed by atoms with Crippen molar-refractivity contribution >= 4 is 30.4 Å². The van der Waals surface area contributed by atoms with E-state index < -0.39 is 14.5 Å². The molecule has 1 aliphatic heterocycles. The molecule has 0 bridgehead atoms. The number of methoxy groups -OCH3 is 1. The van der Waals surface area contributed by atoms with Crippen LogP contribution in [0.4, 0.5) is 17.3 Å². The summed E-state index contributed by atoms with van der Waals surface area (Å²) in [6.07, 6.45) is 0.950. The summed E-state index contributed by atoms with van der Waals surface area (Å²) in [7, 11) is -6.51. The minimum atomic E-state index is -6.00. The Labute approximate surface area is 244 Å². The van der Waals surface area contributed by atoms with Crippen molar-refractivity contribution in [2.24, 2.45) is 0 Å². The van der Waals surface area contributed by atoms with E-state index in [0.29, 0.717) is 0 Å². The van der Waals surface area contributed by atoms with Crippen molar-refractivity contribution in [3.8, 4) is 11.5 Å². The quantitative estimate of drug-likeness (QED) is 0.109. The van der Waals surface area contributed by atoms with E-state index in [1.807, 2.05) is 0 Å². The Hall–Kier alpha value is -4.09. The molecule has 0 saturated carbocycles. The molecule has 214 valence electrons. The predicted molar refractivity (Wildman–Crippen MR) is 166 cm³/mol. The Morgan fingerprint density at radius 1 is 0.643 bits per heavy atom. The fraction of sp³-hybridized carbons (Fsp3) is 0.118. The van der Waals surface area contributed by atoms with Crippen LogP contribution < -0.4 is 25.4 Å². The smallest absolute Gasteiger partial charge is 0.497 e. The van der Waals surface area contributed by atoms with E-state index in [-0.39, 0.29) is 5.66 Å². The van der Waals surface area contributed by atoms with Crippen LogP contribution in [-0.2, 0) is 6.42 Å². The van der Waals surface area contributed by atoms with Gasteiger partial charge in [0.05, 0.1) is 13.7 Å². The van der Waals surface area contributed by atoms with E-state index in [9.17, 15) is 17.3 Å². The fourth-order valence-corrected chi connectivity index (χ4v) is 10.6. The summed E-state index contributed by atoms with van der Waals surface area (Å²) in [4.78, 5) is 0. The molecule has 0 saturated heterocycles. The summed E-state index contributed by atoms with van der Waals surface area (Å²) in [6, 6.07) is 48.9. The SMILES string of the molecule is COc1ccc(C(c2ccc3c(c2)CCO3)[P+](c2ccccc2)(c2ccccc2)c2ccccc2)cc1.F[B-](F)(F)F. The van der Waals surface area contributed by atoms with Crippen molar-refractivity contribution in [1.29, 1.82) is 0 Å². The number of rotatable bonds is 7. The van der Waals surface area contributed by atoms with Gasteiger partial charge in [0.25, 0.3) is 0 Å². The fourth-order valence-electron chi connectivity index (χ4n) is 5.69. The molecule has 5 aromatic carbocycles. The molecule has 6 rings (SSSR count). The zero-order valence-corrected chi connectivity index (χ0v) is 23.9. The molecule has 0 aliphatic carbocycles. The molecule has 0 N–H and O–H groups in total. The van der Waals surface area contributed by atoms with Gasteiger partial charge in [-0.2, -0.15) is 0 Å². The lowest BCUT2D eigenvalue weighted by atomic mass is 10.0. The van der Waals surface area contributed by atoms with Crippen LogP contribution >= 0.6 is 7.26 Å². The molecule has 1 unspecified atom stereocenters. The van der Waals surface area contributed by atoms with Gasteiger partial charge in [-0.25, -0.2) is 0 Å². The third kappa shape index (κ3) is 6.37. The van der Waals surface area contributed by atoms with E-state index in [4.69, 9.17) is 9.47 Å². The molecule has 1 atom stereocenters. The number of benzene rings is 5. The van der Waals surface area contributed by atoms with Crippen LogP contribution in [0.2, 0.25) is 0 Å². The summed E-state index contributed by atoms with van der Waals surface area (Å²) in [5.74, 6) is 1.88. The number of fused-ring (bicyclic) bond motifs is 1. The first-order valence-electron chi connectivity index (χ1n) is 13.6. The van der Waals surface area contributed by atoms with E-state index >= 15 is 0 Å². The molecule has 2 nitrogen and oxygen atoms in total. The van der Waals surface area contributed by atoms with Gasteiger partial charge in [-0.05, 0) is 77.4 Å². The summed E-state index contributed by atoms with van der Waals surface area (Å²) < 4.78 is 50.4. The first-order chi connectivity index (χ1) is 20.3. The van der Waals surface area contributed by atoms with Crippen molar-refractivity contribution in [2.45, 2.75) is 12.1 Å². The van der Waals surface area contributed by atoms with E-state index in [1.54, 1.807) is 7.11 Å². The molecule has 8 heteroatoms. The number of halogens is 4. The lowest BCUT2D eigenvalue weighted by Crippen LogP contribution is -2.35. The average Bonchev–Trinajstić information content (AvgIpc) is 3.49. The third-order valence-electron chi connectivity index (χ3n) is 7.34. The molecule has 1 aliphatic rings. The maximum absolute atomic E-state index is 9.75. The van der Waals surface area contributed by atoms with Crippen LogP contribution in [-0.4, -0.2) is 21.0 Å². The zero-order chi connectivity index (χ0) is 29.6. The van der Waals surface area contributed by atoms with Gasteiger partial charge in [-0.1, -0.05) is 72.8 Å². The highest BCUT2D eigenvalue weighted by Gasteiger charge is 2.54. The monoisotopic (exact) mass is 588 g/mol. The Bertz CT molecular complexity index is 1480. The maximum Gasteiger partial charge on any atom is 0.673 e. The van der Waals surface area contributed by atoms with Crippen LogP contribution in [0.25, 0.3) is 0 Å². The second-order valence-electron chi connectivity index (χ2n) is 9.87. The van der Waals surface area contributed by atoms with Crippen molar-refractivity contribution in [2.75, 3.05) is 13.7 Å². The number of hydrogen-bond donors (Lipinski definition) is 0. The first-order valence-corrected chi connectivity index (χ1v) is 15.5. The molecule has 0 aromatic heterocycles. The van der Waals surface area contributed by atoms with Crippen LogP contribution in [0.1, 0.15) is 22.3 Å². The summed E-state index contributed by atoms with van der Waals surface area (Å²) in [6.45, 7) is 0.752. The first kappa shape index (κ1) is 29.4. The normalized spacial score (nSPS) is 13.3. The molecule has 42 heavy (non-hydrogen) atoms. The van der Waals surface area contributed by atoms with Gasteiger partial charge in [-0.15, -0.1) is 0 Å². The summed E-state index contributed by atoms with van der Waals surface area (Å²) >= 11 is 0. The second-order valence-corrected chi connectivity index (χ2v) is 13.4. The highest BCUT2D eigenvalue weighted by atomic mass is 31.2. The largest absolute Gasteiger partial charge is 0.673 e. The van der Waals surface area contributed by atoms with E-state index in [1.165, 1.54) is 32.6 Å². The molecule has 0 amide bonds. The Morgan fingerprint density at radius 3 is 1.55 bits per heavy atom. The zero-order valence-electron chi connectivity index (χ0n) is 23.0. The number of hydrogen-bond acceptors (Lipinski definition) is 2. The van der Waals surface area contributed by atoms with Crippen LogP contribution in [0.15, 0.2) is 133 Å². The van der Waals surface area contributed by atoms with Gasteiger partial charge in [-0.3, -0.25) is 0 Å². The minimum absolute atomic E-state index is 0.108. The lowest BCUT2D eigenvalue weighted by molar-refractivity contribution is 0.356. The number of ether oxygens (including phenoxy) is 2. The summed E-state index contributed by atoms with van der Waals surface area (Å²) in [5, 5.41) is 4.10. The molecular weight excluding hydrogens is 558 g/mol. The predicted octanol–water partition coefficient (Wildman–Crippen LogP) is 8.01. The van der Waals surface area contributed by atoms with Gasteiger partial charge in [0.15, 0.2) is 0 Å². The summed E-state index contributed by atoms with van der Waals surface area (Å²) in [5.41, 5.74) is 4.00. The van der Waals surface area contributed by atoms with E-state index in [0.717, 1.165) is 24.5 Å². The van der Waals surface area contributed by atoms with Crippen molar-refractivity contribution in [3.05, 3.63) is 150 Å². The molecular formula is C34H30BF4O2P. The van der Waals surface area contributed by atoms with Crippen molar-refractivity contribution in [1.82, 2.24) is 0 Å². The van der Waals surface area contributed by atoms with Gasteiger partial charge >= 0.3 is 7.25 Å². The maximum atomic E-state index is 9.75. The Kier molecular flexibility index (Phi) is 8.99. The van der Waals surface area contributed by atoms with Gasteiger partial charge in [0.2, 0.25) is 0 Å². The molecule has 0 spiro atoms. The Balaban J connectivity index is 0.000000652. The van der Waals surface area contributed by atoms with Crippen LogP contribution in [0.3, 0.4) is 0 Å². The Morgan fingerprint density at radius 2 is 1.10 bits per heavy atom. The molecule has 0 fully saturated rings. The standard InChI is InChI=1S/C34H30O2P.BF4/c1-35-29-20-17-26(18-21-29)34(28-19-22-33-27(25-28)23-24-36-33)37(30-11-5-2-6-12-30,31-13-7-3-8-14-31)32-15-9-4-10-16-32;2-1(3,4)5/h2-22,25,34H,23-24H2,1H3;/q+1;-1. The van der Waals surface area contributed by atoms with Crippen LogP contribution in [0.5, 0.6) is 11.5 Å². The van der Waals surface area contributed by atoms with Crippen molar-refractivity contribution in [3.63, 3.8) is 0 Å². The molecule has 0 radical (unpaired) electrons. The second kappa shape index (κ2) is 12.8.